The number of amides is 1. The molecule has 1 aromatic heterocycles. The van der Waals surface area contributed by atoms with Crippen LogP contribution < -0.4 is 10.2 Å². The van der Waals surface area contributed by atoms with Crippen LogP contribution in [0.3, 0.4) is 0 Å². The summed E-state index contributed by atoms with van der Waals surface area (Å²) in [5, 5.41) is 3.06. The van der Waals surface area contributed by atoms with Crippen LogP contribution in [0.1, 0.15) is 30.2 Å². The van der Waals surface area contributed by atoms with Crippen LogP contribution in [0.4, 0.5) is 5.95 Å². The van der Waals surface area contributed by atoms with Gasteiger partial charge in [0, 0.05) is 20.3 Å². The Morgan fingerprint density at radius 3 is 2.75 bits per heavy atom. The molecular formula is C19H24N4O. The molecule has 1 aliphatic rings. The van der Waals surface area contributed by atoms with Gasteiger partial charge in [0.1, 0.15) is 0 Å². The summed E-state index contributed by atoms with van der Waals surface area (Å²) in [5.41, 5.74) is 3.13. The molecule has 0 spiro atoms. The Kier molecular flexibility index (Phi) is 4.51. The zero-order valence-corrected chi connectivity index (χ0v) is 14.5. The van der Waals surface area contributed by atoms with Crippen LogP contribution in [0.2, 0.25) is 0 Å². The smallest absolute Gasteiger partial charge is 0.226 e. The molecule has 2 aromatic rings. The first-order valence-corrected chi connectivity index (χ1v) is 8.32. The van der Waals surface area contributed by atoms with Crippen molar-refractivity contribution in [1.82, 2.24) is 15.3 Å². The maximum atomic E-state index is 12.8. The van der Waals surface area contributed by atoms with Crippen molar-refractivity contribution >= 4 is 11.9 Å². The first-order chi connectivity index (χ1) is 11.5. The zero-order chi connectivity index (χ0) is 17.2. The molecule has 0 aliphatic heterocycles. The van der Waals surface area contributed by atoms with Gasteiger partial charge in [-0.3, -0.25) is 4.79 Å². The summed E-state index contributed by atoms with van der Waals surface area (Å²) in [5.74, 6) is 0.751. The molecule has 1 aliphatic carbocycles. The normalized spacial score (nSPS) is 19.5. The highest BCUT2D eigenvalue weighted by molar-refractivity contribution is 5.83. The Morgan fingerprint density at radius 1 is 1.25 bits per heavy atom. The maximum absolute atomic E-state index is 12.8. The molecule has 0 saturated heterocycles. The van der Waals surface area contributed by atoms with Crippen molar-refractivity contribution in [3.8, 4) is 0 Å². The zero-order valence-electron chi connectivity index (χ0n) is 14.5. The first-order valence-electron chi connectivity index (χ1n) is 8.32. The Morgan fingerprint density at radius 2 is 2.00 bits per heavy atom. The van der Waals surface area contributed by atoms with E-state index in [9.17, 15) is 4.79 Å². The fraction of sp³-hybridized carbons (Fsp3) is 0.421. The third-order valence-corrected chi connectivity index (χ3v) is 4.72. The lowest BCUT2D eigenvalue weighted by atomic mass is 9.72. The summed E-state index contributed by atoms with van der Waals surface area (Å²) < 4.78 is 0. The van der Waals surface area contributed by atoms with Gasteiger partial charge in [-0.25, -0.2) is 9.97 Å². The van der Waals surface area contributed by atoms with Crippen LogP contribution >= 0.6 is 0 Å². The Hall–Kier alpha value is -2.43. The number of rotatable bonds is 4. The SMILES string of the molecule is CN(C)c1nccc(CNC(=O)C2(C)CCc3ccccc3C2)n1. The number of carbonyl (C=O) groups excluding carboxylic acids is 1. The van der Waals surface area contributed by atoms with Gasteiger partial charge < -0.3 is 10.2 Å². The lowest BCUT2D eigenvalue weighted by Gasteiger charge is -2.33. The summed E-state index contributed by atoms with van der Waals surface area (Å²) in [6.07, 6.45) is 4.35. The number of anilines is 1. The van der Waals surface area contributed by atoms with E-state index in [1.165, 1.54) is 11.1 Å². The number of aromatic nitrogens is 2. The summed E-state index contributed by atoms with van der Waals surface area (Å²) in [4.78, 5) is 23.3. The minimum Gasteiger partial charge on any atom is -0.350 e. The van der Waals surface area contributed by atoms with Crippen molar-refractivity contribution in [2.24, 2.45) is 5.41 Å². The molecule has 1 atom stereocenters. The number of benzene rings is 1. The van der Waals surface area contributed by atoms with Crippen molar-refractivity contribution in [2.45, 2.75) is 32.7 Å². The van der Waals surface area contributed by atoms with E-state index >= 15 is 0 Å². The molecule has 1 unspecified atom stereocenters. The fourth-order valence-corrected chi connectivity index (χ4v) is 3.17. The number of hydrogen-bond acceptors (Lipinski definition) is 4. The largest absolute Gasteiger partial charge is 0.350 e. The van der Waals surface area contributed by atoms with Gasteiger partial charge in [-0.2, -0.15) is 0 Å². The number of aryl methyl sites for hydroxylation is 1. The van der Waals surface area contributed by atoms with E-state index in [4.69, 9.17) is 0 Å². The van der Waals surface area contributed by atoms with Gasteiger partial charge in [0.15, 0.2) is 0 Å². The second-order valence-corrected chi connectivity index (χ2v) is 6.93. The molecule has 1 heterocycles. The van der Waals surface area contributed by atoms with Crippen molar-refractivity contribution in [3.63, 3.8) is 0 Å². The average molecular weight is 324 g/mol. The highest BCUT2D eigenvalue weighted by Gasteiger charge is 2.36. The van der Waals surface area contributed by atoms with E-state index in [2.05, 4.69) is 40.4 Å². The Labute approximate surface area is 143 Å². The predicted molar refractivity (Wildman–Crippen MR) is 94.8 cm³/mol. The van der Waals surface area contributed by atoms with Gasteiger partial charge >= 0.3 is 0 Å². The molecule has 5 heteroatoms. The standard InChI is InChI=1S/C19H24N4O/c1-19(10-8-14-6-4-5-7-15(14)12-19)17(24)21-13-16-9-11-20-18(22-16)23(2)3/h4-7,9,11H,8,10,12-13H2,1-3H3,(H,21,24). The van der Waals surface area contributed by atoms with Crippen molar-refractivity contribution in [3.05, 3.63) is 53.3 Å². The van der Waals surface area contributed by atoms with Crippen LogP contribution in [0.5, 0.6) is 0 Å². The van der Waals surface area contributed by atoms with Crippen molar-refractivity contribution < 1.29 is 4.79 Å². The molecule has 0 saturated carbocycles. The quantitative estimate of drug-likeness (QED) is 0.938. The molecule has 0 fully saturated rings. The summed E-state index contributed by atoms with van der Waals surface area (Å²) in [7, 11) is 3.80. The number of hydrogen-bond donors (Lipinski definition) is 1. The summed E-state index contributed by atoms with van der Waals surface area (Å²) in [6.45, 7) is 2.49. The van der Waals surface area contributed by atoms with Crippen molar-refractivity contribution in [1.29, 1.82) is 0 Å². The highest BCUT2D eigenvalue weighted by atomic mass is 16.2. The van der Waals surface area contributed by atoms with Gasteiger partial charge in [-0.05, 0) is 36.5 Å². The van der Waals surface area contributed by atoms with Gasteiger partial charge in [-0.1, -0.05) is 31.2 Å². The van der Waals surface area contributed by atoms with Gasteiger partial charge in [0.05, 0.1) is 17.7 Å². The topological polar surface area (TPSA) is 58.1 Å². The van der Waals surface area contributed by atoms with E-state index in [1.807, 2.05) is 31.1 Å². The minimum absolute atomic E-state index is 0.0991. The van der Waals surface area contributed by atoms with Crippen LogP contribution in [0.25, 0.3) is 0 Å². The molecule has 5 nitrogen and oxygen atoms in total. The van der Waals surface area contributed by atoms with Gasteiger partial charge in [0.2, 0.25) is 11.9 Å². The predicted octanol–water partition coefficient (Wildman–Crippen LogP) is 2.35. The second-order valence-electron chi connectivity index (χ2n) is 6.93. The summed E-state index contributed by atoms with van der Waals surface area (Å²) >= 11 is 0. The molecule has 0 bridgehead atoms. The molecule has 3 rings (SSSR count). The number of nitrogens with one attached hydrogen (secondary N) is 1. The molecule has 1 aromatic carbocycles. The third-order valence-electron chi connectivity index (χ3n) is 4.72. The average Bonchev–Trinajstić information content (AvgIpc) is 2.59. The first kappa shape index (κ1) is 16.4. The number of fused-ring (bicyclic) bond motifs is 1. The molecular weight excluding hydrogens is 300 g/mol. The number of carbonyl (C=O) groups is 1. The van der Waals surface area contributed by atoms with Gasteiger partial charge in [-0.15, -0.1) is 0 Å². The van der Waals surface area contributed by atoms with Crippen LogP contribution in [0.15, 0.2) is 36.5 Å². The van der Waals surface area contributed by atoms with Gasteiger partial charge in [0.25, 0.3) is 0 Å². The van der Waals surface area contributed by atoms with E-state index in [0.29, 0.717) is 12.5 Å². The van der Waals surface area contributed by atoms with Crippen molar-refractivity contribution in [2.75, 3.05) is 19.0 Å². The molecule has 1 N–H and O–H groups in total. The maximum Gasteiger partial charge on any atom is 0.226 e. The van der Waals surface area contributed by atoms with E-state index < -0.39 is 0 Å². The van der Waals surface area contributed by atoms with Crippen LogP contribution in [0, 0.1) is 5.41 Å². The highest BCUT2D eigenvalue weighted by Crippen LogP contribution is 2.35. The van der Waals surface area contributed by atoms with E-state index in [1.54, 1.807) is 6.20 Å². The molecule has 24 heavy (non-hydrogen) atoms. The van der Waals surface area contributed by atoms with E-state index in [-0.39, 0.29) is 11.3 Å². The van der Waals surface area contributed by atoms with E-state index in [0.717, 1.165) is 25.0 Å². The lowest BCUT2D eigenvalue weighted by Crippen LogP contribution is -2.42. The lowest BCUT2D eigenvalue weighted by molar-refractivity contribution is -0.131. The second kappa shape index (κ2) is 6.59. The molecule has 0 radical (unpaired) electrons. The number of nitrogens with zero attached hydrogens (tertiary/aromatic N) is 3. The fourth-order valence-electron chi connectivity index (χ4n) is 3.17. The minimum atomic E-state index is -0.355. The monoisotopic (exact) mass is 324 g/mol. The third kappa shape index (κ3) is 3.40. The van der Waals surface area contributed by atoms with Crippen LogP contribution in [-0.4, -0.2) is 30.0 Å². The van der Waals surface area contributed by atoms with Crippen LogP contribution in [-0.2, 0) is 24.2 Å². The Bertz CT molecular complexity index is 744. The molecule has 1 amide bonds. The summed E-state index contributed by atoms with van der Waals surface area (Å²) in [6, 6.07) is 10.3. The molecule has 126 valence electrons. The Balaban J connectivity index is 1.66.